The van der Waals surface area contributed by atoms with Gasteiger partial charge < -0.3 is 10.1 Å². The highest BCUT2D eigenvalue weighted by molar-refractivity contribution is 6.01. The topological polar surface area (TPSA) is 38.3 Å². The smallest absolute Gasteiger partial charge is 0.255 e. The third-order valence-corrected chi connectivity index (χ3v) is 7.85. The van der Waals surface area contributed by atoms with Gasteiger partial charge in [-0.15, -0.1) is 0 Å². The molecule has 6 rings (SSSR count). The molecular formula is C25H31NO2. The predicted molar refractivity (Wildman–Crippen MR) is 113 cm³/mol. The van der Waals surface area contributed by atoms with Gasteiger partial charge >= 0.3 is 0 Å². The number of carbonyl (C=O) groups excluding carboxylic acids is 1. The van der Waals surface area contributed by atoms with Crippen LogP contribution < -0.4 is 10.1 Å². The number of fused-ring (bicyclic) bond motifs is 1. The van der Waals surface area contributed by atoms with Crippen LogP contribution >= 0.6 is 0 Å². The SMILES string of the molecule is CC[C@@H](NC(=O)c1cc2ccccc2cc1OC)C12CC3CC(CC(C3)C1)C2. The van der Waals surface area contributed by atoms with Gasteiger partial charge in [-0.25, -0.2) is 0 Å². The summed E-state index contributed by atoms with van der Waals surface area (Å²) in [5.74, 6) is 3.37. The van der Waals surface area contributed by atoms with Gasteiger partial charge in [0.05, 0.1) is 12.7 Å². The summed E-state index contributed by atoms with van der Waals surface area (Å²) in [5, 5.41) is 5.64. The number of rotatable bonds is 5. The maximum Gasteiger partial charge on any atom is 0.255 e. The lowest BCUT2D eigenvalue weighted by Gasteiger charge is -2.59. The molecule has 1 N–H and O–H groups in total. The van der Waals surface area contributed by atoms with Gasteiger partial charge in [0.2, 0.25) is 0 Å². The van der Waals surface area contributed by atoms with Crippen molar-refractivity contribution >= 4 is 16.7 Å². The third-order valence-electron chi connectivity index (χ3n) is 7.85. The molecule has 0 saturated heterocycles. The van der Waals surface area contributed by atoms with Crippen molar-refractivity contribution in [1.82, 2.24) is 5.32 Å². The lowest BCUT2D eigenvalue weighted by Crippen LogP contribution is -2.56. The van der Waals surface area contributed by atoms with Crippen LogP contribution in [-0.2, 0) is 0 Å². The predicted octanol–water partition coefficient (Wildman–Crippen LogP) is 5.57. The van der Waals surface area contributed by atoms with Gasteiger partial charge in [-0.1, -0.05) is 31.2 Å². The van der Waals surface area contributed by atoms with E-state index in [0.717, 1.165) is 34.9 Å². The number of ether oxygens (including phenoxy) is 1. The molecule has 28 heavy (non-hydrogen) atoms. The zero-order chi connectivity index (χ0) is 19.3. The fourth-order valence-electron chi connectivity index (χ4n) is 7.09. The van der Waals surface area contributed by atoms with Crippen molar-refractivity contribution in [2.75, 3.05) is 7.11 Å². The van der Waals surface area contributed by atoms with E-state index in [4.69, 9.17) is 4.74 Å². The number of hydrogen-bond acceptors (Lipinski definition) is 2. The third kappa shape index (κ3) is 2.91. The first-order chi connectivity index (χ1) is 13.6. The molecule has 0 radical (unpaired) electrons. The minimum Gasteiger partial charge on any atom is -0.496 e. The Hall–Kier alpha value is -2.03. The van der Waals surface area contributed by atoms with Crippen LogP contribution in [0.25, 0.3) is 10.8 Å². The molecule has 3 heteroatoms. The summed E-state index contributed by atoms with van der Waals surface area (Å²) < 4.78 is 5.58. The van der Waals surface area contributed by atoms with E-state index < -0.39 is 0 Å². The van der Waals surface area contributed by atoms with Crippen molar-refractivity contribution in [3.8, 4) is 5.75 Å². The van der Waals surface area contributed by atoms with E-state index in [2.05, 4.69) is 24.4 Å². The first-order valence-electron chi connectivity index (χ1n) is 11.0. The van der Waals surface area contributed by atoms with Gasteiger partial charge in [-0.2, -0.15) is 0 Å². The standard InChI is InChI=1S/C25H31NO2/c1-3-23(25-13-16-8-17(14-25)10-18(9-16)15-25)26-24(27)21-11-19-6-4-5-7-20(19)12-22(21)28-2/h4-7,11-12,16-18,23H,3,8-10,13-15H2,1-2H3,(H,26,27)/t16?,17?,18?,23-,25?/m1/s1. The zero-order valence-electron chi connectivity index (χ0n) is 17.0. The summed E-state index contributed by atoms with van der Waals surface area (Å²) in [6.45, 7) is 2.24. The Morgan fingerprint density at radius 2 is 1.64 bits per heavy atom. The molecule has 2 aromatic carbocycles. The maximum atomic E-state index is 13.3. The summed E-state index contributed by atoms with van der Waals surface area (Å²) in [7, 11) is 1.65. The van der Waals surface area contributed by atoms with E-state index in [9.17, 15) is 4.79 Å². The molecule has 4 bridgehead atoms. The second-order valence-corrected chi connectivity index (χ2v) is 9.61. The highest BCUT2D eigenvalue weighted by atomic mass is 16.5. The number of nitrogens with one attached hydrogen (secondary N) is 1. The highest BCUT2D eigenvalue weighted by Gasteiger charge is 2.54. The van der Waals surface area contributed by atoms with E-state index in [0.29, 0.717) is 16.7 Å². The highest BCUT2D eigenvalue weighted by Crippen LogP contribution is 2.61. The van der Waals surface area contributed by atoms with E-state index in [1.54, 1.807) is 7.11 Å². The molecule has 1 amide bonds. The van der Waals surface area contributed by atoms with Gasteiger partial charge in [0.25, 0.3) is 5.91 Å². The second-order valence-electron chi connectivity index (χ2n) is 9.61. The van der Waals surface area contributed by atoms with Gasteiger partial charge in [-0.05, 0) is 91.0 Å². The average Bonchev–Trinajstić information content (AvgIpc) is 2.69. The van der Waals surface area contributed by atoms with Gasteiger partial charge in [0.1, 0.15) is 5.75 Å². The number of hydrogen-bond donors (Lipinski definition) is 1. The summed E-state index contributed by atoms with van der Waals surface area (Å²) in [6.07, 6.45) is 9.24. The maximum absolute atomic E-state index is 13.3. The molecule has 2 aromatic rings. The van der Waals surface area contributed by atoms with Crippen LogP contribution in [0.15, 0.2) is 36.4 Å². The number of carbonyl (C=O) groups is 1. The van der Waals surface area contributed by atoms with Crippen LogP contribution in [0, 0.1) is 23.2 Å². The molecule has 3 nitrogen and oxygen atoms in total. The molecular weight excluding hydrogens is 346 g/mol. The number of methoxy groups -OCH3 is 1. The van der Waals surface area contributed by atoms with Crippen molar-refractivity contribution in [1.29, 1.82) is 0 Å². The molecule has 148 valence electrons. The van der Waals surface area contributed by atoms with Gasteiger partial charge in [0, 0.05) is 6.04 Å². The largest absolute Gasteiger partial charge is 0.496 e. The molecule has 0 unspecified atom stereocenters. The second kappa shape index (κ2) is 6.79. The van der Waals surface area contributed by atoms with Crippen molar-refractivity contribution in [2.24, 2.45) is 23.2 Å². The van der Waals surface area contributed by atoms with Crippen LogP contribution in [0.4, 0.5) is 0 Å². The fraction of sp³-hybridized carbons (Fsp3) is 0.560. The minimum atomic E-state index is 0.0187. The van der Waals surface area contributed by atoms with Crippen LogP contribution in [0.1, 0.15) is 62.2 Å². The Labute approximate surface area is 167 Å². The lowest BCUT2D eigenvalue weighted by molar-refractivity contribution is -0.0727. The number of benzene rings is 2. The summed E-state index contributed by atoms with van der Waals surface area (Å²) in [6, 6.07) is 12.4. The van der Waals surface area contributed by atoms with Gasteiger partial charge in [-0.3, -0.25) is 4.79 Å². The lowest BCUT2D eigenvalue weighted by atomic mass is 9.47. The van der Waals surface area contributed by atoms with Crippen LogP contribution in [0.5, 0.6) is 5.75 Å². The first kappa shape index (κ1) is 18.0. The summed E-state index contributed by atoms with van der Waals surface area (Å²) in [5.41, 5.74) is 0.979. The Bertz CT molecular complexity index is 867. The van der Waals surface area contributed by atoms with E-state index in [-0.39, 0.29) is 11.9 Å². The first-order valence-corrected chi connectivity index (χ1v) is 11.0. The van der Waals surface area contributed by atoms with Crippen LogP contribution in [0.3, 0.4) is 0 Å². The van der Waals surface area contributed by atoms with Gasteiger partial charge in [0.15, 0.2) is 0 Å². The molecule has 4 aliphatic carbocycles. The molecule has 0 aliphatic heterocycles. The molecule has 4 aliphatic rings. The van der Waals surface area contributed by atoms with E-state index >= 15 is 0 Å². The van der Waals surface area contributed by atoms with Crippen LogP contribution in [-0.4, -0.2) is 19.1 Å². The average molecular weight is 378 g/mol. The normalized spacial score (nSPS) is 31.7. The molecule has 4 fully saturated rings. The quantitative estimate of drug-likeness (QED) is 0.739. The zero-order valence-corrected chi connectivity index (χ0v) is 17.0. The van der Waals surface area contributed by atoms with Crippen molar-refractivity contribution in [3.63, 3.8) is 0 Å². The van der Waals surface area contributed by atoms with E-state index in [1.165, 1.54) is 38.5 Å². The molecule has 0 spiro atoms. The number of amides is 1. The molecule has 0 aromatic heterocycles. The summed E-state index contributed by atoms with van der Waals surface area (Å²) in [4.78, 5) is 13.3. The minimum absolute atomic E-state index is 0.0187. The Balaban J connectivity index is 1.43. The van der Waals surface area contributed by atoms with Crippen molar-refractivity contribution in [2.45, 2.75) is 57.9 Å². The molecule has 0 heterocycles. The molecule has 4 saturated carbocycles. The summed E-state index contributed by atoms with van der Waals surface area (Å²) >= 11 is 0. The Morgan fingerprint density at radius 1 is 1.07 bits per heavy atom. The van der Waals surface area contributed by atoms with E-state index in [1.807, 2.05) is 24.3 Å². The Kier molecular flexibility index (Phi) is 4.37. The van der Waals surface area contributed by atoms with Crippen LogP contribution in [0.2, 0.25) is 0 Å². The molecule has 1 atom stereocenters. The monoisotopic (exact) mass is 377 g/mol. The van der Waals surface area contributed by atoms with Crippen molar-refractivity contribution in [3.05, 3.63) is 42.0 Å². The van der Waals surface area contributed by atoms with Crippen molar-refractivity contribution < 1.29 is 9.53 Å². The Morgan fingerprint density at radius 3 is 2.18 bits per heavy atom. The fourth-order valence-corrected chi connectivity index (χ4v) is 7.09.